The van der Waals surface area contributed by atoms with Crippen molar-refractivity contribution in [3.8, 4) is 17.1 Å². The van der Waals surface area contributed by atoms with Crippen molar-refractivity contribution in [1.82, 2.24) is 35.0 Å². The van der Waals surface area contributed by atoms with Gasteiger partial charge in [0.05, 0.1) is 24.1 Å². The van der Waals surface area contributed by atoms with Gasteiger partial charge >= 0.3 is 0 Å². The van der Waals surface area contributed by atoms with Crippen LogP contribution in [0.5, 0.6) is 0 Å². The van der Waals surface area contributed by atoms with Gasteiger partial charge in [-0.25, -0.2) is 4.39 Å². The fourth-order valence-corrected chi connectivity index (χ4v) is 4.41. The number of nitrogens with zero attached hydrogens (tertiary/aromatic N) is 7. The van der Waals surface area contributed by atoms with Gasteiger partial charge in [0, 0.05) is 12.2 Å². The first-order valence-corrected chi connectivity index (χ1v) is 11.0. The molecule has 31 heavy (non-hydrogen) atoms. The topological polar surface area (TPSA) is 83.5 Å². The Labute approximate surface area is 182 Å². The Balaban J connectivity index is 1.41. The SMILES string of the molecule is Fc1ccc(-c2nnc(SCc3nnnn3-c3ccccc3)n2C[C@H]2CCCO2)cc1. The summed E-state index contributed by atoms with van der Waals surface area (Å²) in [6.07, 6.45) is 2.16. The molecular formula is C21H20FN7OS. The van der Waals surface area contributed by atoms with E-state index in [0.717, 1.165) is 35.9 Å². The number of hydrogen-bond donors (Lipinski definition) is 0. The molecule has 2 aromatic heterocycles. The van der Waals surface area contributed by atoms with Gasteiger partial charge in [0.25, 0.3) is 0 Å². The minimum absolute atomic E-state index is 0.115. The van der Waals surface area contributed by atoms with Crippen LogP contribution in [0.25, 0.3) is 17.1 Å². The molecule has 3 heterocycles. The summed E-state index contributed by atoms with van der Waals surface area (Å²) < 4.78 is 23.0. The molecule has 0 N–H and O–H groups in total. The molecule has 1 atom stereocenters. The van der Waals surface area contributed by atoms with Crippen molar-refractivity contribution in [2.24, 2.45) is 0 Å². The summed E-state index contributed by atoms with van der Waals surface area (Å²) >= 11 is 1.51. The van der Waals surface area contributed by atoms with Gasteiger partial charge in [-0.15, -0.1) is 15.3 Å². The highest BCUT2D eigenvalue weighted by molar-refractivity contribution is 7.98. The predicted molar refractivity (Wildman–Crippen MR) is 113 cm³/mol. The number of hydrogen-bond acceptors (Lipinski definition) is 7. The Kier molecular flexibility index (Phi) is 5.72. The Morgan fingerprint density at radius 2 is 1.87 bits per heavy atom. The number of benzene rings is 2. The maximum atomic E-state index is 13.4. The number of tetrazole rings is 1. The monoisotopic (exact) mass is 437 g/mol. The number of para-hydroxylation sites is 1. The average molecular weight is 438 g/mol. The molecule has 0 unspecified atom stereocenters. The smallest absolute Gasteiger partial charge is 0.192 e. The van der Waals surface area contributed by atoms with E-state index in [1.807, 2.05) is 34.9 Å². The molecule has 0 aliphatic carbocycles. The third kappa shape index (κ3) is 4.35. The number of rotatable bonds is 7. The summed E-state index contributed by atoms with van der Waals surface area (Å²) in [5.41, 5.74) is 1.71. The molecule has 0 spiro atoms. The second-order valence-electron chi connectivity index (χ2n) is 7.19. The second-order valence-corrected chi connectivity index (χ2v) is 8.13. The van der Waals surface area contributed by atoms with Crippen LogP contribution in [0.2, 0.25) is 0 Å². The van der Waals surface area contributed by atoms with Crippen LogP contribution < -0.4 is 0 Å². The molecule has 5 rings (SSSR count). The van der Waals surface area contributed by atoms with Gasteiger partial charge in [-0.3, -0.25) is 4.57 Å². The van der Waals surface area contributed by atoms with Crippen LogP contribution in [-0.4, -0.2) is 47.7 Å². The van der Waals surface area contributed by atoms with E-state index in [1.54, 1.807) is 16.8 Å². The minimum Gasteiger partial charge on any atom is -0.376 e. The Hall–Kier alpha value is -3.11. The molecule has 4 aromatic rings. The van der Waals surface area contributed by atoms with Gasteiger partial charge < -0.3 is 4.74 Å². The number of aromatic nitrogens is 7. The largest absolute Gasteiger partial charge is 0.376 e. The lowest BCUT2D eigenvalue weighted by Crippen LogP contribution is -2.16. The van der Waals surface area contributed by atoms with E-state index in [9.17, 15) is 4.39 Å². The van der Waals surface area contributed by atoms with Crippen LogP contribution in [0, 0.1) is 5.82 Å². The number of ether oxygens (including phenoxy) is 1. The van der Waals surface area contributed by atoms with E-state index in [0.29, 0.717) is 23.9 Å². The molecule has 2 aromatic carbocycles. The molecular weight excluding hydrogens is 417 g/mol. The summed E-state index contributed by atoms with van der Waals surface area (Å²) in [5.74, 6) is 1.65. The summed E-state index contributed by atoms with van der Waals surface area (Å²) in [6, 6.07) is 16.1. The van der Waals surface area contributed by atoms with E-state index in [2.05, 4.69) is 25.7 Å². The third-order valence-corrected chi connectivity index (χ3v) is 6.06. The maximum absolute atomic E-state index is 13.4. The molecule has 0 radical (unpaired) electrons. The van der Waals surface area contributed by atoms with Crippen molar-refractivity contribution in [3.05, 3.63) is 66.2 Å². The highest BCUT2D eigenvalue weighted by Gasteiger charge is 2.22. The first-order chi connectivity index (χ1) is 15.3. The van der Waals surface area contributed by atoms with Crippen LogP contribution in [0.15, 0.2) is 59.8 Å². The predicted octanol–water partition coefficient (Wildman–Crippen LogP) is 3.53. The zero-order valence-corrected chi connectivity index (χ0v) is 17.5. The second kappa shape index (κ2) is 8.94. The van der Waals surface area contributed by atoms with Gasteiger partial charge in [-0.1, -0.05) is 30.0 Å². The van der Waals surface area contributed by atoms with Crippen molar-refractivity contribution < 1.29 is 9.13 Å². The Morgan fingerprint density at radius 1 is 1.03 bits per heavy atom. The van der Waals surface area contributed by atoms with E-state index in [-0.39, 0.29) is 11.9 Å². The molecule has 0 bridgehead atoms. The van der Waals surface area contributed by atoms with E-state index >= 15 is 0 Å². The van der Waals surface area contributed by atoms with Crippen LogP contribution in [0.3, 0.4) is 0 Å². The van der Waals surface area contributed by atoms with Crippen molar-refractivity contribution in [2.45, 2.75) is 36.4 Å². The first kappa shape index (κ1) is 19.8. The Bertz CT molecular complexity index is 1140. The van der Waals surface area contributed by atoms with Crippen LogP contribution in [-0.2, 0) is 17.0 Å². The van der Waals surface area contributed by atoms with Gasteiger partial charge in [0.15, 0.2) is 16.8 Å². The molecule has 158 valence electrons. The zero-order chi connectivity index (χ0) is 21.0. The molecule has 10 heteroatoms. The van der Waals surface area contributed by atoms with Gasteiger partial charge in [-0.05, 0) is 59.7 Å². The van der Waals surface area contributed by atoms with Crippen molar-refractivity contribution in [2.75, 3.05) is 6.61 Å². The Morgan fingerprint density at radius 3 is 2.65 bits per heavy atom. The van der Waals surface area contributed by atoms with E-state index < -0.39 is 0 Å². The highest BCUT2D eigenvalue weighted by Crippen LogP contribution is 2.28. The van der Waals surface area contributed by atoms with Crippen molar-refractivity contribution in [3.63, 3.8) is 0 Å². The average Bonchev–Trinajstić information content (AvgIpc) is 3.56. The fourth-order valence-electron chi connectivity index (χ4n) is 3.56. The van der Waals surface area contributed by atoms with Crippen LogP contribution >= 0.6 is 11.8 Å². The number of thioether (sulfide) groups is 1. The quantitative estimate of drug-likeness (QED) is 0.409. The lowest BCUT2D eigenvalue weighted by Gasteiger charge is -2.14. The molecule has 8 nitrogen and oxygen atoms in total. The maximum Gasteiger partial charge on any atom is 0.192 e. The first-order valence-electron chi connectivity index (χ1n) is 10.0. The van der Waals surface area contributed by atoms with Gasteiger partial charge in [0.2, 0.25) is 0 Å². The van der Waals surface area contributed by atoms with Gasteiger partial charge in [0.1, 0.15) is 5.82 Å². The number of halogens is 1. The molecule has 1 aliphatic rings. The fraction of sp³-hybridized carbons (Fsp3) is 0.286. The lowest BCUT2D eigenvalue weighted by atomic mass is 10.2. The van der Waals surface area contributed by atoms with Crippen molar-refractivity contribution in [1.29, 1.82) is 0 Å². The summed E-state index contributed by atoms with van der Waals surface area (Å²) in [4.78, 5) is 0. The van der Waals surface area contributed by atoms with Gasteiger partial charge in [-0.2, -0.15) is 4.68 Å². The molecule has 1 fully saturated rings. The minimum atomic E-state index is -0.281. The van der Waals surface area contributed by atoms with Crippen LogP contribution in [0.4, 0.5) is 4.39 Å². The van der Waals surface area contributed by atoms with E-state index in [4.69, 9.17) is 4.74 Å². The lowest BCUT2D eigenvalue weighted by molar-refractivity contribution is 0.0953. The standard InChI is InChI=1S/C21H20FN7OS/c22-16-10-8-15(9-11-16)20-24-25-21(28(20)13-18-7-4-12-30-18)31-14-19-23-26-27-29(19)17-5-2-1-3-6-17/h1-3,5-6,8-11,18H,4,7,12-14H2/t18-/m1/s1. The normalized spacial score (nSPS) is 16.1. The zero-order valence-electron chi connectivity index (χ0n) is 16.6. The third-order valence-electron chi connectivity index (χ3n) is 5.09. The highest BCUT2D eigenvalue weighted by atomic mass is 32.2. The van der Waals surface area contributed by atoms with Crippen molar-refractivity contribution >= 4 is 11.8 Å². The molecule has 0 amide bonds. The summed E-state index contributed by atoms with van der Waals surface area (Å²) in [7, 11) is 0. The molecule has 0 saturated carbocycles. The van der Waals surface area contributed by atoms with E-state index in [1.165, 1.54) is 23.9 Å². The summed E-state index contributed by atoms with van der Waals surface area (Å²) in [5, 5.41) is 21.7. The van der Waals surface area contributed by atoms with Crippen LogP contribution in [0.1, 0.15) is 18.7 Å². The molecule has 1 aliphatic heterocycles. The molecule has 1 saturated heterocycles. The summed E-state index contributed by atoms with van der Waals surface area (Å²) in [6.45, 7) is 1.42.